The summed E-state index contributed by atoms with van der Waals surface area (Å²) in [6.07, 6.45) is 4.09. The smallest absolute Gasteiger partial charge is 0.339 e. The number of carboxylic acids is 1. The first-order valence-corrected chi connectivity index (χ1v) is 7.55. The number of aromatic carboxylic acids is 1. The zero-order valence-electron chi connectivity index (χ0n) is 10.9. The summed E-state index contributed by atoms with van der Waals surface area (Å²) in [5, 5.41) is 14.4. The Morgan fingerprint density at radius 1 is 1.40 bits per heavy atom. The summed E-state index contributed by atoms with van der Waals surface area (Å²) < 4.78 is 0. The van der Waals surface area contributed by atoms with Gasteiger partial charge in [-0.15, -0.1) is 11.3 Å². The number of anilines is 1. The fourth-order valence-corrected chi connectivity index (χ4v) is 2.99. The highest BCUT2D eigenvalue weighted by Gasteiger charge is 2.18. The topological polar surface area (TPSA) is 75.1 Å². The molecule has 0 aromatic carbocycles. The molecule has 1 aliphatic rings. The molecular weight excluding hydrogens is 274 g/mol. The van der Waals surface area contributed by atoms with Gasteiger partial charge in [0.15, 0.2) is 0 Å². The van der Waals surface area contributed by atoms with Crippen molar-refractivity contribution in [2.45, 2.75) is 32.2 Å². The first kappa shape index (κ1) is 13.1. The molecule has 0 radical (unpaired) electrons. The second kappa shape index (κ2) is 5.58. The molecule has 5 nitrogen and oxygen atoms in total. The van der Waals surface area contributed by atoms with Gasteiger partial charge in [-0.1, -0.05) is 0 Å². The summed E-state index contributed by atoms with van der Waals surface area (Å²) in [4.78, 5) is 20.1. The van der Waals surface area contributed by atoms with Crippen LogP contribution in [0.15, 0.2) is 17.0 Å². The molecule has 2 aromatic heterocycles. The van der Waals surface area contributed by atoms with E-state index in [1.54, 1.807) is 11.6 Å². The Morgan fingerprint density at radius 3 is 3.00 bits per heavy atom. The number of fused-ring (bicyclic) bond motifs is 1. The fraction of sp³-hybridized carbons (Fsp3) is 0.357. The lowest BCUT2D eigenvalue weighted by atomic mass is 9.95. The summed E-state index contributed by atoms with van der Waals surface area (Å²) in [5.74, 6) is -0.488. The summed E-state index contributed by atoms with van der Waals surface area (Å²) in [6, 6.07) is 1.77. The largest absolute Gasteiger partial charge is 0.478 e. The fourth-order valence-electron chi connectivity index (χ4n) is 2.43. The van der Waals surface area contributed by atoms with Crippen LogP contribution in [-0.2, 0) is 19.4 Å². The van der Waals surface area contributed by atoms with E-state index in [4.69, 9.17) is 0 Å². The third kappa shape index (κ3) is 2.65. The Bertz CT molecular complexity index is 626. The van der Waals surface area contributed by atoms with Crippen LogP contribution >= 0.6 is 11.3 Å². The minimum Gasteiger partial charge on any atom is -0.478 e. The maximum absolute atomic E-state index is 11.4. The van der Waals surface area contributed by atoms with Gasteiger partial charge in [0.25, 0.3) is 0 Å². The van der Waals surface area contributed by atoms with Crippen molar-refractivity contribution in [2.75, 3.05) is 5.32 Å². The minimum absolute atomic E-state index is 0.251. The number of pyridine rings is 1. The number of nitrogens with one attached hydrogen (secondary N) is 1. The van der Waals surface area contributed by atoms with E-state index in [9.17, 15) is 9.90 Å². The third-order valence-electron chi connectivity index (χ3n) is 3.45. The van der Waals surface area contributed by atoms with Gasteiger partial charge in [0.05, 0.1) is 17.7 Å². The SMILES string of the molecule is O=C(O)c1cc2c(nc1NCc1cscn1)CCCC2. The number of thiazole rings is 1. The van der Waals surface area contributed by atoms with Crippen LogP contribution in [0, 0.1) is 0 Å². The van der Waals surface area contributed by atoms with Crippen molar-refractivity contribution in [3.63, 3.8) is 0 Å². The maximum Gasteiger partial charge on any atom is 0.339 e. The van der Waals surface area contributed by atoms with Gasteiger partial charge in [-0.25, -0.2) is 14.8 Å². The predicted octanol–water partition coefficient (Wildman–Crippen LogP) is 2.73. The molecule has 0 atom stereocenters. The Labute approximate surface area is 120 Å². The van der Waals surface area contributed by atoms with E-state index in [0.717, 1.165) is 42.6 Å². The molecular formula is C14H15N3O2S. The van der Waals surface area contributed by atoms with E-state index in [1.165, 1.54) is 11.3 Å². The van der Waals surface area contributed by atoms with E-state index in [-0.39, 0.29) is 5.56 Å². The standard InChI is InChI=1S/C14H15N3O2S/c18-14(19)11-5-9-3-1-2-4-12(9)17-13(11)15-6-10-7-20-8-16-10/h5,7-8H,1-4,6H2,(H,15,17)(H,18,19). The molecule has 0 fully saturated rings. The quantitative estimate of drug-likeness (QED) is 0.905. The molecule has 0 saturated heterocycles. The maximum atomic E-state index is 11.4. The van der Waals surface area contributed by atoms with Crippen molar-refractivity contribution >= 4 is 23.1 Å². The predicted molar refractivity (Wildman–Crippen MR) is 77.3 cm³/mol. The lowest BCUT2D eigenvalue weighted by Crippen LogP contribution is -2.14. The van der Waals surface area contributed by atoms with Crippen molar-refractivity contribution < 1.29 is 9.90 Å². The molecule has 6 heteroatoms. The highest BCUT2D eigenvalue weighted by Crippen LogP contribution is 2.25. The summed E-state index contributed by atoms with van der Waals surface area (Å²) in [7, 11) is 0. The minimum atomic E-state index is -0.938. The van der Waals surface area contributed by atoms with Crippen LogP contribution in [0.5, 0.6) is 0 Å². The number of carbonyl (C=O) groups is 1. The number of hydrogen-bond donors (Lipinski definition) is 2. The molecule has 0 saturated carbocycles. The lowest BCUT2D eigenvalue weighted by molar-refractivity contribution is 0.0697. The van der Waals surface area contributed by atoms with Gasteiger partial charge in [-0.3, -0.25) is 0 Å². The Balaban J connectivity index is 1.89. The van der Waals surface area contributed by atoms with Crippen LogP contribution in [0.1, 0.15) is 40.2 Å². The molecule has 104 valence electrons. The molecule has 2 N–H and O–H groups in total. The number of carboxylic acid groups (broad SMARTS) is 1. The third-order valence-corrected chi connectivity index (χ3v) is 4.09. The average Bonchev–Trinajstić information content (AvgIpc) is 2.97. The monoisotopic (exact) mass is 289 g/mol. The molecule has 2 heterocycles. The van der Waals surface area contributed by atoms with Gasteiger partial charge in [-0.2, -0.15) is 0 Å². The molecule has 3 rings (SSSR count). The first-order chi connectivity index (χ1) is 9.74. The van der Waals surface area contributed by atoms with Crippen molar-refractivity contribution in [1.29, 1.82) is 0 Å². The van der Waals surface area contributed by atoms with Gasteiger partial charge in [0.1, 0.15) is 11.4 Å². The highest BCUT2D eigenvalue weighted by atomic mass is 32.1. The van der Waals surface area contributed by atoms with E-state index in [1.807, 2.05) is 5.38 Å². The second-order valence-electron chi connectivity index (χ2n) is 4.84. The van der Waals surface area contributed by atoms with Crippen LogP contribution in [0.4, 0.5) is 5.82 Å². The number of rotatable bonds is 4. The molecule has 20 heavy (non-hydrogen) atoms. The number of aryl methyl sites for hydroxylation is 2. The van der Waals surface area contributed by atoms with E-state index in [2.05, 4.69) is 15.3 Å². The molecule has 0 unspecified atom stereocenters. The van der Waals surface area contributed by atoms with Crippen LogP contribution in [0.3, 0.4) is 0 Å². The summed E-state index contributed by atoms with van der Waals surface area (Å²) in [6.45, 7) is 0.496. The van der Waals surface area contributed by atoms with Gasteiger partial charge in [-0.05, 0) is 37.3 Å². The number of nitrogens with zero attached hydrogens (tertiary/aromatic N) is 2. The molecule has 1 aliphatic carbocycles. The zero-order chi connectivity index (χ0) is 13.9. The zero-order valence-corrected chi connectivity index (χ0v) is 11.7. The Hall–Kier alpha value is -1.95. The van der Waals surface area contributed by atoms with Crippen LogP contribution in [0.25, 0.3) is 0 Å². The summed E-state index contributed by atoms with van der Waals surface area (Å²) >= 11 is 1.52. The molecule has 0 bridgehead atoms. The molecule has 0 spiro atoms. The summed E-state index contributed by atoms with van der Waals surface area (Å²) in [5.41, 5.74) is 5.01. The molecule has 0 aliphatic heterocycles. The van der Waals surface area contributed by atoms with Crippen LogP contribution in [0.2, 0.25) is 0 Å². The van der Waals surface area contributed by atoms with Gasteiger partial charge < -0.3 is 10.4 Å². The van der Waals surface area contributed by atoms with Gasteiger partial charge in [0.2, 0.25) is 0 Å². The molecule has 0 amide bonds. The Morgan fingerprint density at radius 2 is 2.25 bits per heavy atom. The lowest BCUT2D eigenvalue weighted by Gasteiger charge is -2.17. The van der Waals surface area contributed by atoms with E-state index < -0.39 is 5.97 Å². The average molecular weight is 289 g/mol. The first-order valence-electron chi connectivity index (χ1n) is 6.61. The normalized spacial score (nSPS) is 13.8. The van der Waals surface area contributed by atoms with Crippen LogP contribution in [-0.4, -0.2) is 21.0 Å². The van der Waals surface area contributed by atoms with Crippen molar-refractivity contribution in [2.24, 2.45) is 0 Å². The van der Waals surface area contributed by atoms with Gasteiger partial charge >= 0.3 is 5.97 Å². The van der Waals surface area contributed by atoms with Crippen molar-refractivity contribution in [3.8, 4) is 0 Å². The second-order valence-corrected chi connectivity index (χ2v) is 5.55. The number of hydrogen-bond acceptors (Lipinski definition) is 5. The number of aromatic nitrogens is 2. The van der Waals surface area contributed by atoms with E-state index >= 15 is 0 Å². The van der Waals surface area contributed by atoms with Crippen molar-refractivity contribution in [3.05, 3.63) is 39.5 Å². The van der Waals surface area contributed by atoms with Crippen molar-refractivity contribution in [1.82, 2.24) is 9.97 Å². The molecule has 2 aromatic rings. The van der Waals surface area contributed by atoms with Gasteiger partial charge in [0, 0.05) is 11.1 Å². The highest BCUT2D eigenvalue weighted by molar-refractivity contribution is 7.07. The Kier molecular flexibility index (Phi) is 3.64. The van der Waals surface area contributed by atoms with Crippen LogP contribution < -0.4 is 5.32 Å². The van der Waals surface area contributed by atoms with E-state index in [0.29, 0.717) is 12.4 Å².